The number of carbonyl (C=O) groups is 4. The molecule has 2 amide bonds. The summed E-state index contributed by atoms with van der Waals surface area (Å²) in [6.07, 6.45) is 0.238. The molecule has 0 fully saturated rings. The Balaban J connectivity index is 0.000000186. The van der Waals surface area contributed by atoms with Gasteiger partial charge in [-0.25, -0.2) is 9.59 Å². The highest BCUT2D eigenvalue weighted by Crippen LogP contribution is 2.42. The number of carboxylic acids is 2. The first kappa shape index (κ1) is 51.7. The van der Waals surface area contributed by atoms with Crippen LogP contribution >= 0.6 is 0 Å². The average molecular weight is 1020 g/mol. The molecule has 0 spiro atoms. The summed E-state index contributed by atoms with van der Waals surface area (Å²) < 4.78 is 23.5. The first-order chi connectivity index (χ1) is 37.1. The van der Waals surface area contributed by atoms with Crippen molar-refractivity contribution in [1.82, 2.24) is 9.80 Å². The van der Waals surface area contributed by atoms with Gasteiger partial charge in [-0.3, -0.25) is 9.59 Å². The van der Waals surface area contributed by atoms with E-state index in [1.165, 1.54) is 9.80 Å². The van der Waals surface area contributed by atoms with Crippen LogP contribution in [0.5, 0.6) is 23.0 Å². The maximum absolute atomic E-state index is 14.1. The summed E-state index contributed by atoms with van der Waals surface area (Å²) in [4.78, 5) is 56.4. The lowest BCUT2D eigenvalue weighted by Crippen LogP contribution is -2.50. The van der Waals surface area contributed by atoms with Crippen LogP contribution in [-0.4, -0.2) is 70.1 Å². The van der Waals surface area contributed by atoms with E-state index >= 15 is 0 Å². The molecule has 8 aromatic carbocycles. The molecule has 8 aromatic rings. The van der Waals surface area contributed by atoms with Crippen LogP contribution < -0.4 is 18.9 Å². The molecule has 76 heavy (non-hydrogen) atoms. The zero-order valence-electron chi connectivity index (χ0n) is 42.2. The molecule has 0 radical (unpaired) electrons. The number of ether oxygens (including phenoxy) is 4. The summed E-state index contributed by atoms with van der Waals surface area (Å²) in [5, 5.41) is 20.5. The van der Waals surface area contributed by atoms with Crippen LogP contribution in [0.4, 0.5) is 0 Å². The topological polar surface area (TPSA) is 152 Å². The number of nitrogens with zero attached hydrogens (tertiary/aromatic N) is 2. The van der Waals surface area contributed by atoms with Crippen LogP contribution in [0.3, 0.4) is 0 Å². The zero-order valence-corrected chi connectivity index (χ0v) is 42.2. The van der Waals surface area contributed by atoms with Crippen LogP contribution in [0.2, 0.25) is 0 Å². The lowest BCUT2D eigenvalue weighted by Gasteiger charge is -2.37. The minimum Gasteiger partial charge on any atom is -0.493 e. The van der Waals surface area contributed by atoms with Crippen molar-refractivity contribution in [2.45, 2.75) is 63.1 Å². The highest BCUT2D eigenvalue weighted by molar-refractivity contribution is 5.92. The van der Waals surface area contributed by atoms with E-state index in [1.54, 1.807) is 14.2 Å². The number of benzene rings is 8. The van der Waals surface area contributed by atoms with Crippen LogP contribution in [0, 0.1) is 0 Å². The van der Waals surface area contributed by atoms with Crippen LogP contribution in [0.1, 0.15) is 67.5 Å². The van der Waals surface area contributed by atoms with Gasteiger partial charge in [0.05, 0.1) is 26.1 Å². The number of fused-ring (bicyclic) bond motifs is 2. The van der Waals surface area contributed by atoms with Gasteiger partial charge in [0.15, 0.2) is 23.0 Å². The molecule has 384 valence electrons. The minimum atomic E-state index is -1.05. The largest absolute Gasteiger partial charge is 0.493 e. The molecule has 2 aliphatic heterocycles. The number of carboxylic acid groups (broad SMARTS) is 2. The predicted octanol–water partition coefficient (Wildman–Crippen LogP) is 10.9. The van der Waals surface area contributed by atoms with Gasteiger partial charge in [-0.05, 0) is 56.6 Å². The van der Waals surface area contributed by atoms with E-state index in [0.29, 0.717) is 36.2 Å². The van der Waals surface area contributed by atoms with E-state index in [2.05, 4.69) is 0 Å². The number of rotatable bonds is 16. The number of aliphatic carboxylic acids is 2. The number of methoxy groups -OCH3 is 2. The molecule has 0 aromatic heterocycles. The first-order valence-electron chi connectivity index (χ1n) is 25.1. The summed E-state index contributed by atoms with van der Waals surface area (Å²) in [6.45, 7) is 0.955. The van der Waals surface area contributed by atoms with Gasteiger partial charge in [-0.2, -0.15) is 0 Å². The Morgan fingerprint density at radius 3 is 1.00 bits per heavy atom. The molecule has 2 N–H and O–H groups in total. The average Bonchev–Trinajstić information content (AvgIpc) is 3.47. The summed E-state index contributed by atoms with van der Waals surface area (Å²) in [5.41, 5.74) is 8.46. The molecule has 2 atom stereocenters. The molecule has 0 saturated carbocycles. The smallest absolute Gasteiger partial charge is 0.326 e. The highest BCUT2D eigenvalue weighted by Gasteiger charge is 2.42. The van der Waals surface area contributed by atoms with Crippen molar-refractivity contribution in [1.29, 1.82) is 0 Å². The van der Waals surface area contributed by atoms with Crippen molar-refractivity contribution in [2.24, 2.45) is 0 Å². The third-order valence-electron chi connectivity index (χ3n) is 13.9. The van der Waals surface area contributed by atoms with Gasteiger partial charge in [0.25, 0.3) is 0 Å². The second-order valence-corrected chi connectivity index (χ2v) is 18.6. The molecule has 12 nitrogen and oxygen atoms in total. The highest BCUT2D eigenvalue weighted by atomic mass is 16.5. The summed E-state index contributed by atoms with van der Waals surface area (Å²) >= 11 is 0. The third kappa shape index (κ3) is 11.6. The minimum absolute atomic E-state index is 0.119. The van der Waals surface area contributed by atoms with Crippen molar-refractivity contribution in [2.75, 3.05) is 14.2 Å². The standard InChI is InChI=1S/2C32H29NO5/c2*1-37-28-18-17-25-20-33(31(34)29(23-13-7-3-8-14-23)24-15-9-4-10-16-24)27(32(35)36)19-26(25)30(28)38-21-22-11-5-2-6-12-22/h2*2-18,27,29H,19-21H2,1H3,(H,35,36). The van der Waals surface area contributed by atoms with E-state index in [4.69, 9.17) is 18.9 Å². The van der Waals surface area contributed by atoms with Gasteiger partial charge < -0.3 is 39.0 Å². The Kier molecular flexibility index (Phi) is 16.5. The Morgan fingerprint density at radius 2 is 0.724 bits per heavy atom. The first-order valence-corrected chi connectivity index (χ1v) is 25.1. The van der Waals surface area contributed by atoms with Crippen molar-refractivity contribution in [3.8, 4) is 23.0 Å². The zero-order chi connectivity index (χ0) is 53.0. The normalized spacial score (nSPS) is 14.6. The second kappa shape index (κ2) is 24.2. The van der Waals surface area contributed by atoms with Crippen molar-refractivity contribution in [3.05, 3.63) is 262 Å². The lowest BCUT2D eigenvalue weighted by molar-refractivity contribution is -0.151. The maximum atomic E-state index is 14.1. The number of carbonyl (C=O) groups excluding carboxylic acids is 2. The number of hydrogen-bond donors (Lipinski definition) is 2. The van der Waals surface area contributed by atoms with Gasteiger partial charge in [-0.1, -0.05) is 194 Å². The van der Waals surface area contributed by atoms with E-state index < -0.39 is 35.9 Å². The maximum Gasteiger partial charge on any atom is 0.326 e. The molecule has 2 unspecified atom stereocenters. The fourth-order valence-electron chi connectivity index (χ4n) is 10.1. The molecule has 0 saturated heterocycles. The molecular weight excluding hydrogens is 957 g/mol. The Hall–Kier alpha value is -9.16. The summed E-state index contributed by atoms with van der Waals surface area (Å²) in [6, 6.07) is 62.8. The van der Waals surface area contributed by atoms with Crippen LogP contribution in [0.15, 0.2) is 206 Å². The van der Waals surface area contributed by atoms with Crippen LogP contribution in [-0.2, 0) is 58.3 Å². The number of amides is 2. The Labute approximate surface area is 442 Å². The van der Waals surface area contributed by atoms with Gasteiger partial charge in [0.1, 0.15) is 25.3 Å². The molecular formula is C64H58N2O10. The Bertz CT molecular complexity index is 2950. The van der Waals surface area contributed by atoms with Gasteiger partial charge in [-0.15, -0.1) is 0 Å². The van der Waals surface area contributed by atoms with E-state index in [1.807, 2.05) is 206 Å². The molecule has 2 aliphatic rings. The SMILES string of the molecule is COc1ccc2c(c1OCc1ccccc1)CC(C(=O)O)N(C(=O)C(c1ccccc1)c1ccccc1)C2.COc1ccc2c(c1OCc1ccccc1)CC(C(=O)O)N(C(=O)C(c1ccccc1)c1ccccc1)C2. The Morgan fingerprint density at radius 1 is 0.434 bits per heavy atom. The van der Waals surface area contributed by atoms with Crippen LogP contribution in [0.25, 0.3) is 0 Å². The van der Waals surface area contributed by atoms with Crippen molar-refractivity contribution < 1.29 is 48.3 Å². The molecule has 0 aliphatic carbocycles. The van der Waals surface area contributed by atoms with E-state index in [9.17, 15) is 29.4 Å². The van der Waals surface area contributed by atoms with E-state index in [-0.39, 0.29) is 37.7 Å². The second-order valence-electron chi connectivity index (χ2n) is 18.6. The quantitative estimate of drug-likeness (QED) is 0.0957. The fourth-order valence-corrected chi connectivity index (χ4v) is 10.1. The molecule has 2 heterocycles. The van der Waals surface area contributed by atoms with Crippen molar-refractivity contribution >= 4 is 23.8 Å². The monoisotopic (exact) mass is 1010 g/mol. The van der Waals surface area contributed by atoms with Gasteiger partial charge in [0.2, 0.25) is 11.8 Å². The number of hydrogen-bond acceptors (Lipinski definition) is 8. The fraction of sp³-hybridized carbons (Fsp3) is 0.188. The van der Waals surface area contributed by atoms with Gasteiger partial charge in [0, 0.05) is 37.1 Å². The van der Waals surface area contributed by atoms with Crippen molar-refractivity contribution in [3.63, 3.8) is 0 Å². The summed E-state index contributed by atoms with van der Waals surface area (Å²) in [7, 11) is 3.13. The van der Waals surface area contributed by atoms with Gasteiger partial charge >= 0.3 is 11.9 Å². The van der Waals surface area contributed by atoms with E-state index in [0.717, 1.165) is 55.6 Å². The lowest BCUT2D eigenvalue weighted by atomic mass is 9.87. The predicted molar refractivity (Wildman–Crippen MR) is 288 cm³/mol. The third-order valence-corrected chi connectivity index (χ3v) is 13.9. The molecule has 12 heteroatoms. The molecule has 10 rings (SSSR count). The molecule has 0 bridgehead atoms. The summed E-state index contributed by atoms with van der Waals surface area (Å²) in [5.74, 6) is -1.72.